The van der Waals surface area contributed by atoms with Crippen LogP contribution >= 0.6 is 47.2 Å². The lowest BCUT2D eigenvalue weighted by Crippen LogP contribution is -2.22. The van der Waals surface area contributed by atoms with Crippen molar-refractivity contribution in [1.29, 1.82) is 0 Å². The third kappa shape index (κ3) is 3.70. The van der Waals surface area contributed by atoms with E-state index in [0.29, 0.717) is 24.8 Å². The molecule has 7 heteroatoms. The monoisotopic (exact) mass is 392 g/mol. The van der Waals surface area contributed by atoms with Crippen molar-refractivity contribution in [2.45, 2.75) is 0 Å². The van der Waals surface area contributed by atoms with Gasteiger partial charge < -0.3 is 0 Å². The van der Waals surface area contributed by atoms with E-state index in [-0.39, 0.29) is 5.91 Å². The van der Waals surface area contributed by atoms with Gasteiger partial charge in [-0.15, -0.1) is 0 Å². The molecule has 24 heavy (non-hydrogen) atoms. The molecule has 0 aromatic heterocycles. The number of carbonyl (C=O) groups excluding carboxylic acids is 1. The second kappa shape index (κ2) is 7.49. The van der Waals surface area contributed by atoms with Crippen LogP contribution in [0.5, 0.6) is 0 Å². The zero-order valence-corrected chi connectivity index (χ0v) is 15.3. The fourth-order valence-electron chi connectivity index (χ4n) is 2.01. The molecule has 1 amide bonds. The van der Waals surface area contributed by atoms with Gasteiger partial charge in [0.1, 0.15) is 0 Å². The summed E-state index contributed by atoms with van der Waals surface area (Å²) in [5.41, 5.74) is 1.47. The molecule has 0 atom stereocenters. The van der Waals surface area contributed by atoms with E-state index in [1.165, 1.54) is 23.0 Å². The zero-order valence-electron chi connectivity index (χ0n) is 12.1. The van der Waals surface area contributed by atoms with Crippen LogP contribution in [-0.2, 0) is 4.79 Å². The number of thiocarbonyl (C=S) groups is 1. The molecule has 1 saturated heterocycles. The van der Waals surface area contributed by atoms with Gasteiger partial charge >= 0.3 is 0 Å². The molecule has 0 bridgehead atoms. The zero-order chi connectivity index (χ0) is 17.1. The van der Waals surface area contributed by atoms with Gasteiger partial charge in [0.15, 0.2) is 4.32 Å². The summed E-state index contributed by atoms with van der Waals surface area (Å²) in [4.78, 5) is 13.0. The van der Waals surface area contributed by atoms with Crippen molar-refractivity contribution in [3.63, 3.8) is 0 Å². The van der Waals surface area contributed by atoms with E-state index >= 15 is 0 Å². The van der Waals surface area contributed by atoms with Crippen LogP contribution in [0.1, 0.15) is 11.1 Å². The highest BCUT2D eigenvalue weighted by atomic mass is 35.5. The van der Waals surface area contributed by atoms with Crippen LogP contribution in [-0.4, -0.2) is 21.5 Å². The normalized spacial score (nSPS) is 16.6. The molecule has 2 aromatic rings. The molecule has 3 rings (SSSR count). The second-order valence-electron chi connectivity index (χ2n) is 4.78. The van der Waals surface area contributed by atoms with Gasteiger partial charge in [0.25, 0.3) is 5.91 Å². The number of hydrazone groups is 1. The Bertz CT molecular complexity index is 846. The smallest absolute Gasteiger partial charge is 0.266 e. The van der Waals surface area contributed by atoms with Gasteiger partial charge in [-0.3, -0.25) is 4.79 Å². The minimum Gasteiger partial charge on any atom is -0.266 e. The lowest BCUT2D eigenvalue weighted by molar-refractivity contribution is -0.122. The molecule has 0 saturated carbocycles. The molecule has 2 aromatic carbocycles. The Hall–Kier alpha value is -1.66. The Labute approximate surface area is 158 Å². The summed E-state index contributed by atoms with van der Waals surface area (Å²) < 4.78 is 0.363. The Morgan fingerprint density at radius 2 is 1.71 bits per heavy atom. The molecule has 1 aliphatic rings. The number of amides is 1. The van der Waals surface area contributed by atoms with E-state index in [0.717, 1.165) is 5.56 Å². The van der Waals surface area contributed by atoms with Crippen LogP contribution in [0.15, 0.2) is 58.5 Å². The van der Waals surface area contributed by atoms with Crippen LogP contribution in [0, 0.1) is 0 Å². The second-order valence-corrected chi connectivity index (χ2v) is 7.27. The van der Waals surface area contributed by atoms with Gasteiger partial charge in [-0.25, -0.2) is 0 Å². The van der Waals surface area contributed by atoms with Crippen molar-refractivity contribution < 1.29 is 4.79 Å². The van der Waals surface area contributed by atoms with E-state index in [2.05, 4.69) is 5.10 Å². The quantitative estimate of drug-likeness (QED) is 0.407. The van der Waals surface area contributed by atoms with Crippen LogP contribution in [0.25, 0.3) is 6.08 Å². The van der Waals surface area contributed by atoms with E-state index in [1.54, 1.807) is 24.3 Å². The number of hydrogen-bond donors (Lipinski definition) is 0. The van der Waals surface area contributed by atoms with Crippen molar-refractivity contribution in [2.24, 2.45) is 5.10 Å². The molecule has 120 valence electrons. The van der Waals surface area contributed by atoms with Crippen molar-refractivity contribution >= 4 is 69.7 Å². The highest BCUT2D eigenvalue weighted by Crippen LogP contribution is 2.33. The van der Waals surface area contributed by atoms with Crippen molar-refractivity contribution in [1.82, 2.24) is 5.01 Å². The number of rotatable bonds is 3. The van der Waals surface area contributed by atoms with E-state index in [1.807, 2.05) is 30.3 Å². The third-order valence-corrected chi connectivity index (χ3v) is 5.11. The SMILES string of the molecule is O=C1/C(=C\c2ccccc2)SC(=S)N1/N=C/c1c(Cl)cccc1Cl. The van der Waals surface area contributed by atoms with Gasteiger partial charge in [0.2, 0.25) is 0 Å². The first-order valence-corrected chi connectivity index (χ1v) is 8.85. The number of nitrogens with zero attached hydrogens (tertiary/aromatic N) is 2. The lowest BCUT2D eigenvalue weighted by Gasteiger charge is -2.07. The Kier molecular flexibility index (Phi) is 5.36. The van der Waals surface area contributed by atoms with Crippen LogP contribution in [0.4, 0.5) is 0 Å². The average molecular weight is 393 g/mol. The summed E-state index contributed by atoms with van der Waals surface area (Å²) in [6, 6.07) is 14.7. The Balaban J connectivity index is 1.85. The van der Waals surface area contributed by atoms with Crippen LogP contribution in [0.2, 0.25) is 10.0 Å². The maximum atomic E-state index is 12.5. The van der Waals surface area contributed by atoms with Gasteiger partial charge in [0, 0.05) is 5.56 Å². The fourth-order valence-corrected chi connectivity index (χ4v) is 3.68. The molecular weight excluding hydrogens is 383 g/mol. The minimum absolute atomic E-state index is 0.270. The predicted octanol–water partition coefficient (Wildman–Crippen LogP) is 5.23. The summed E-state index contributed by atoms with van der Waals surface area (Å²) in [5.74, 6) is -0.270. The summed E-state index contributed by atoms with van der Waals surface area (Å²) in [5, 5.41) is 6.24. The number of thioether (sulfide) groups is 1. The Morgan fingerprint density at radius 3 is 2.38 bits per heavy atom. The van der Waals surface area contributed by atoms with E-state index in [4.69, 9.17) is 35.4 Å². The molecule has 0 radical (unpaired) electrons. The first-order chi connectivity index (χ1) is 11.6. The first-order valence-electron chi connectivity index (χ1n) is 6.87. The topological polar surface area (TPSA) is 32.7 Å². The van der Waals surface area contributed by atoms with Crippen molar-refractivity contribution in [3.05, 3.63) is 74.6 Å². The number of benzene rings is 2. The van der Waals surface area contributed by atoms with Crippen molar-refractivity contribution in [2.75, 3.05) is 0 Å². The molecule has 1 fully saturated rings. The highest BCUT2D eigenvalue weighted by molar-refractivity contribution is 8.26. The lowest BCUT2D eigenvalue weighted by atomic mass is 10.2. The van der Waals surface area contributed by atoms with E-state index in [9.17, 15) is 4.79 Å². The molecule has 1 aliphatic heterocycles. The minimum atomic E-state index is -0.270. The largest absolute Gasteiger partial charge is 0.286 e. The number of carbonyl (C=O) groups is 1. The van der Waals surface area contributed by atoms with Gasteiger partial charge in [0.05, 0.1) is 21.2 Å². The number of halogens is 2. The van der Waals surface area contributed by atoms with Gasteiger partial charge in [-0.2, -0.15) is 10.1 Å². The number of hydrogen-bond acceptors (Lipinski definition) is 4. The molecule has 0 aliphatic carbocycles. The highest BCUT2D eigenvalue weighted by Gasteiger charge is 2.32. The summed E-state index contributed by atoms with van der Waals surface area (Å²) in [6.45, 7) is 0. The first kappa shape index (κ1) is 17.2. The van der Waals surface area contributed by atoms with Gasteiger partial charge in [-0.1, -0.05) is 71.4 Å². The van der Waals surface area contributed by atoms with Crippen LogP contribution < -0.4 is 0 Å². The summed E-state index contributed by atoms with van der Waals surface area (Å²) >= 11 is 18.6. The standard InChI is InChI=1S/C17H10Cl2N2OS2/c18-13-7-4-8-14(19)12(13)10-20-21-16(22)15(24-17(21)23)9-11-5-2-1-3-6-11/h1-10H/b15-9+,20-10+. The molecular formula is C17H10Cl2N2OS2. The molecule has 1 heterocycles. The molecule has 0 N–H and O–H groups in total. The summed E-state index contributed by atoms with van der Waals surface area (Å²) in [6.07, 6.45) is 3.23. The third-order valence-electron chi connectivity index (χ3n) is 3.17. The summed E-state index contributed by atoms with van der Waals surface area (Å²) in [7, 11) is 0. The Morgan fingerprint density at radius 1 is 1.04 bits per heavy atom. The van der Waals surface area contributed by atoms with Crippen molar-refractivity contribution in [3.8, 4) is 0 Å². The molecule has 0 spiro atoms. The average Bonchev–Trinajstić information content (AvgIpc) is 2.82. The van der Waals surface area contributed by atoms with Gasteiger partial charge in [-0.05, 0) is 36.0 Å². The predicted molar refractivity (Wildman–Crippen MR) is 106 cm³/mol. The fraction of sp³-hybridized carbons (Fsp3) is 0. The van der Waals surface area contributed by atoms with E-state index < -0.39 is 0 Å². The molecule has 0 unspecified atom stereocenters. The van der Waals surface area contributed by atoms with Crippen LogP contribution in [0.3, 0.4) is 0 Å². The maximum Gasteiger partial charge on any atom is 0.286 e. The maximum absolute atomic E-state index is 12.5. The molecule has 3 nitrogen and oxygen atoms in total.